The maximum absolute atomic E-state index is 12.5. The number of aromatic nitrogens is 1. The number of sulfone groups is 1. The molecule has 1 amide bonds. The van der Waals surface area contributed by atoms with Crippen LogP contribution in [0.1, 0.15) is 43.7 Å². The zero-order chi connectivity index (χ0) is 24.0. The van der Waals surface area contributed by atoms with Crippen LogP contribution in [0.25, 0.3) is 10.2 Å². The van der Waals surface area contributed by atoms with Crippen molar-refractivity contribution < 1.29 is 22.7 Å². The summed E-state index contributed by atoms with van der Waals surface area (Å²) in [6.07, 6.45) is 0.203. The summed E-state index contributed by atoms with van der Waals surface area (Å²) in [6, 6.07) is 14.9. The van der Waals surface area contributed by atoms with Gasteiger partial charge in [-0.05, 0) is 35.6 Å². The summed E-state index contributed by atoms with van der Waals surface area (Å²) in [5.74, 6) is -0.657. The molecule has 176 valence electrons. The van der Waals surface area contributed by atoms with Gasteiger partial charge in [0.15, 0.2) is 14.6 Å². The number of amides is 1. The molecular formula is C24H28N2O5S2. The second-order valence-electron chi connectivity index (χ2n) is 8.12. The number of carbonyl (C=O) groups is 2. The summed E-state index contributed by atoms with van der Waals surface area (Å²) in [7, 11) is -2.01. The van der Waals surface area contributed by atoms with Gasteiger partial charge in [-0.15, -0.1) is 0 Å². The molecule has 1 aromatic heterocycles. The Kier molecular flexibility index (Phi) is 8.20. The van der Waals surface area contributed by atoms with E-state index in [1.165, 1.54) is 18.4 Å². The molecule has 0 spiro atoms. The number of carbonyl (C=O) groups excluding carboxylic acids is 2. The first-order valence-corrected chi connectivity index (χ1v) is 13.3. The quantitative estimate of drug-likeness (QED) is 0.427. The molecule has 0 bridgehead atoms. The van der Waals surface area contributed by atoms with E-state index >= 15 is 0 Å². The van der Waals surface area contributed by atoms with Gasteiger partial charge in [-0.3, -0.25) is 9.59 Å². The second-order valence-corrected chi connectivity index (χ2v) is 11.3. The summed E-state index contributed by atoms with van der Waals surface area (Å²) >= 11 is 1.33. The van der Waals surface area contributed by atoms with Crippen LogP contribution >= 0.6 is 11.3 Å². The molecule has 33 heavy (non-hydrogen) atoms. The Morgan fingerprint density at radius 3 is 2.52 bits per heavy atom. The average Bonchev–Trinajstić information content (AvgIpc) is 3.09. The van der Waals surface area contributed by atoms with Gasteiger partial charge < -0.3 is 9.30 Å². The van der Waals surface area contributed by atoms with Crippen molar-refractivity contribution in [3.05, 3.63) is 64.5 Å². The van der Waals surface area contributed by atoms with Crippen LogP contribution in [0, 0.1) is 0 Å². The molecule has 0 fully saturated rings. The van der Waals surface area contributed by atoms with Crippen molar-refractivity contribution in [3.63, 3.8) is 0 Å². The molecule has 1 heterocycles. The Morgan fingerprint density at radius 1 is 1.12 bits per heavy atom. The number of nitrogens with zero attached hydrogens (tertiary/aromatic N) is 2. The van der Waals surface area contributed by atoms with E-state index < -0.39 is 21.7 Å². The van der Waals surface area contributed by atoms with Gasteiger partial charge >= 0.3 is 5.97 Å². The molecule has 0 saturated heterocycles. The molecule has 2 aromatic carbocycles. The van der Waals surface area contributed by atoms with Crippen molar-refractivity contribution in [1.29, 1.82) is 0 Å². The van der Waals surface area contributed by atoms with E-state index in [4.69, 9.17) is 4.74 Å². The van der Waals surface area contributed by atoms with Crippen molar-refractivity contribution in [3.8, 4) is 0 Å². The first-order valence-electron chi connectivity index (χ1n) is 10.7. The van der Waals surface area contributed by atoms with Crippen LogP contribution in [0.2, 0.25) is 0 Å². The molecule has 0 saturated carbocycles. The minimum Gasteiger partial charge on any atom is -0.468 e. The Morgan fingerprint density at radius 2 is 1.85 bits per heavy atom. The maximum atomic E-state index is 12.5. The van der Waals surface area contributed by atoms with Crippen molar-refractivity contribution in [2.75, 3.05) is 12.9 Å². The third-order valence-corrected chi connectivity index (χ3v) is 7.91. The maximum Gasteiger partial charge on any atom is 0.325 e. The lowest BCUT2D eigenvalue weighted by molar-refractivity contribution is -0.141. The van der Waals surface area contributed by atoms with Crippen LogP contribution < -0.4 is 4.80 Å². The zero-order valence-electron chi connectivity index (χ0n) is 19.0. The minimum atomic E-state index is -3.32. The first-order chi connectivity index (χ1) is 15.7. The molecular weight excluding hydrogens is 460 g/mol. The number of hydrogen-bond acceptors (Lipinski definition) is 6. The molecule has 0 aliphatic heterocycles. The smallest absolute Gasteiger partial charge is 0.325 e. The molecule has 0 aliphatic carbocycles. The lowest BCUT2D eigenvalue weighted by Gasteiger charge is -2.06. The summed E-state index contributed by atoms with van der Waals surface area (Å²) < 4.78 is 32.1. The van der Waals surface area contributed by atoms with Crippen LogP contribution in [0.5, 0.6) is 0 Å². The van der Waals surface area contributed by atoms with Crippen molar-refractivity contribution in [2.45, 2.75) is 44.9 Å². The molecule has 7 nitrogen and oxygen atoms in total. The normalized spacial score (nSPS) is 12.4. The van der Waals surface area contributed by atoms with Gasteiger partial charge in [0.2, 0.25) is 5.91 Å². The van der Waals surface area contributed by atoms with Crippen LogP contribution in [0.15, 0.2) is 53.5 Å². The summed E-state index contributed by atoms with van der Waals surface area (Å²) in [5, 5.41) is 0. The number of hydrogen-bond donors (Lipinski definition) is 0. The number of ether oxygens (including phenoxy) is 1. The van der Waals surface area contributed by atoms with E-state index in [0.29, 0.717) is 10.7 Å². The predicted octanol–water partition coefficient (Wildman–Crippen LogP) is 3.82. The number of thiazole rings is 1. The van der Waals surface area contributed by atoms with Crippen molar-refractivity contribution in [1.82, 2.24) is 4.57 Å². The Hall–Kier alpha value is -2.78. The van der Waals surface area contributed by atoms with Gasteiger partial charge in [0.1, 0.15) is 6.54 Å². The van der Waals surface area contributed by atoms with E-state index in [-0.39, 0.29) is 30.9 Å². The highest BCUT2D eigenvalue weighted by Gasteiger charge is 2.15. The molecule has 9 heteroatoms. The van der Waals surface area contributed by atoms with E-state index in [1.54, 1.807) is 28.8 Å². The summed E-state index contributed by atoms with van der Waals surface area (Å²) in [4.78, 5) is 29.1. The van der Waals surface area contributed by atoms with Crippen molar-refractivity contribution in [2.24, 2.45) is 4.99 Å². The van der Waals surface area contributed by atoms with Crippen LogP contribution in [-0.2, 0) is 36.5 Å². The SMILES string of the molecule is COC(=O)Cn1c(=NC(=O)CCCS(=O)(=O)Cc2ccccc2)sc2cc(C(C)C)ccc21. The van der Waals surface area contributed by atoms with E-state index in [2.05, 4.69) is 18.8 Å². The molecule has 3 rings (SSSR count). The standard InChI is InChI=1S/C24H28N2O5S2/c1-17(2)19-11-12-20-21(14-19)32-24(26(20)15-23(28)31-3)25-22(27)10-7-13-33(29,30)16-18-8-5-4-6-9-18/h4-6,8-9,11-12,14,17H,7,10,13,15-16H2,1-3H3. The molecule has 0 aliphatic rings. The molecule has 0 unspecified atom stereocenters. The van der Waals surface area contributed by atoms with E-state index in [0.717, 1.165) is 21.3 Å². The third-order valence-electron chi connectivity index (χ3n) is 5.18. The molecule has 0 radical (unpaired) electrons. The number of benzene rings is 2. The zero-order valence-corrected chi connectivity index (χ0v) is 20.6. The number of rotatable bonds is 9. The van der Waals surface area contributed by atoms with Crippen LogP contribution in [0.3, 0.4) is 0 Å². The number of esters is 1. The van der Waals surface area contributed by atoms with Gasteiger partial charge in [-0.2, -0.15) is 4.99 Å². The van der Waals surface area contributed by atoms with Gasteiger partial charge in [0.25, 0.3) is 0 Å². The van der Waals surface area contributed by atoms with E-state index in [1.807, 2.05) is 24.3 Å². The minimum absolute atomic E-state index is 0.0116. The Bertz CT molecular complexity index is 1310. The monoisotopic (exact) mass is 488 g/mol. The lowest BCUT2D eigenvalue weighted by atomic mass is 10.0. The topological polar surface area (TPSA) is 94.8 Å². The number of fused-ring (bicyclic) bond motifs is 1. The summed E-state index contributed by atoms with van der Waals surface area (Å²) in [6.45, 7) is 4.13. The van der Waals surface area contributed by atoms with Gasteiger partial charge in [0.05, 0.1) is 28.8 Å². The van der Waals surface area contributed by atoms with Gasteiger partial charge in [-0.25, -0.2) is 8.42 Å². The van der Waals surface area contributed by atoms with Crippen LogP contribution in [-0.4, -0.2) is 37.7 Å². The third kappa shape index (κ3) is 6.85. The van der Waals surface area contributed by atoms with Gasteiger partial charge in [-0.1, -0.05) is 61.6 Å². The fraction of sp³-hybridized carbons (Fsp3) is 0.375. The number of methoxy groups -OCH3 is 1. The van der Waals surface area contributed by atoms with Crippen molar-refractivity contribution >= 4 is 43.3 Å². The highest BCUT2D eigenvalue weighted by atomic mass is 32.2. The predicted molar refractivity (Wildman–Crippen MR) is 130 cm³/mol. The molecule has 3 aromatic rings. The van der Waals surface area contributed by atoms with Crippen LogP contribution in [0.4, 0.5) is 0 Å². The average molecular weight is 489 g/mol. The lowest BCUT2D eigenvalue weighted by Crippen LogP contribution is -2.22. The summed E-state index contributed by atoms with van der Waals surface area (Å²) in [5.41, 5.74) is 2.67. The first kappa shape index (κ1) is 24.9. The Labute approximate surface area is 197 Å². The Balaban J connectivity index is 1.77. The highest BCUT2D eigenvalue weighted by Crippen LogP contribution is 2.23. The van der Waals surface area contributed by atoms with Gasteiger partial charge in [0, 0.05) is 6.42 Å². The molecule has 0 atom stereocenters. The van der Waals surface area contributed by atoms with E-state index in [9.17, 15) is 18.0 Å². The highest BCUT2D eigenvalue weighted by molar-refractivity contribution is 7.90. The largest absolute Gasteiger partial charge is 0.468 e. The fourth-order valence-corrected chi connectivity index (χ4v) is 5.91. The fourth-order valence-electron chi connectivity index (χ4n) is 3.39. The molecule has 0 N–H and O–H groups in total. The second kappa shape index (κ2) is 10.9.